The van der Waals surface area contributed by atoms with E-state index in [1.807, 2.05) is 37.3 Å². The SMILES string of the molecule is CCNC(C)c1ccc(Oc2ccc(Br)c(C)c2)cn1. The first-order valence-electron chi connectivity index (χ1n) is 6.73. The van der Waals surface area contributed by atoms with Crippen LogP contribution in [0, 0.1) is 6.92 Å². The molecule has 0 saturated heterocycles. The van der Waals surface area contributed by atoms with E-state index in [2.05, 4.69) is 40.1 Å². The van der Waals surface area contributed by atoms with Crippen molar-refractivity contribution in [3.63, 3.8) is 0 Å². The summed E-state index contributed by atoms with van der Waals surface area (Å²) in [5.74, 6) is 1.57. The molecule has 1 aromatic heterocycles. The maximum atomic E-state index is 5.81. The van der Waals surface area contributed by atoms with E-state index in [9.17, 15) is 0 Å². The fourth-order valence-electron chi connectivity index (χ4n) is 1.94. The number of hydrogen-bond donors (Lipinski definition) is 1. The summed E-state index contributed by atoms with van der Waals surface area (Å²) in [6, 6.07) is 10.1. The van der Waals surface area contributed by atoms with Crippen LogP contribution in [-0.2, 0) is 0 Å². The Morgan fingerprint density at radius 2 is 2.00 bits per heavy atom. The molecule has 1 unspecified atom stereocenters. The summed E-state index contributed by atoms with van der Waals surface area (Å²) in [5, 5.41) is 3.34. The van der Waals surface area contributed by atoms with Crippen molar-refractivity contribution in [2.24, 2.45) is 0 Å². The molecular weight excluding hydrogens is 316 g/mol. The molecule has 0 spiro atoms. The van der Waals surface area contributed by atoms with Gasteiger partial charge in [0.05, 0.1) is 11.9 Å². The Hall–Kier alpha value is -1.39. The summed E-state index contributed by atoms with van der Waals surface area (Å²) in [6.45, 7) is 7.16. The van der Waals surface area contributed by atoms with E-state index in [1.165, 1.54) is 0 Å². The number of aryl methyl sites for hydroxylation is 1. The van der Waals surface area contributed by atoms with Crippen LogP contribution in [0.4, 0.5) is 0 Å². The van der Waals surface area contributed by atoms with Gasteiger partial charge in [-0.1, -0.05) is 22.9 Å². The average molecular weight is 335 g/mol. The molecule has 0 fully saturated rings. The second-order valence-corrected chi connectivity index (χ2v) is 5.57. The first-order chi connectivity index (χ1) is 9.60. The molecule has 20 heavy (non-hydrogen) atoms. The second kappa shape index (κ2) is 6.86. The number of benzene rings is 1. The quantitative estimate of drug-likeness (QED) is 0.866. The topological polar surface area (TPSA) is 34.1 Å². The van der Waals surface area contributed by atoms with Gasteiger partial charge in [-0.2, -0.15) is 0 Å². The van der Waals surface area contributed by atoms with Crippen LogP contribution >= 0.6 is 15.9 Å². The molecule has 2 rings (SSSR count). The van der Waals surface area contributed by atoms with Gasteiger partial charge in [-0.15, -0.1) is 0 Å². The number of nitrogens with one attached hydrogen (secondary N) is 1. The van der Waals surface area contributed by atoms with E-state index < -0.39 is 0 Å². The minimum absolute atomic E-state index is 0.254. The Morgan fingerprint density at radius 3 is 2.60 bits per heavy atom. The Morgan fingerprint density at radius 1 is 1.25 bits per heavy atom. The molecule has 4 heteroatoms. The van der Waals surface area contributed by atoms with Crippen LogP contribution in [0.25, 0.3) is 0 Å². The van der Waals surface area contributed by atoms with Gasteiger partial charge in [-0.25, -0.2) is 0 Å². The third-order valence-corrected chi connectivity index (χ3v) is 3.97. The van der Waals surface area contributed by atoms with E-state index in [0.717, 1.165) is 33.8 Å². The molecule has 106 valence electrons. The van der Waals surface area contributed by atoms with Crippen LogP contribution < -0.4 is 10.1 Å². The first-order valence-corrected chi connectivity index (χ1v) is 7.52. The Bertz CT molecular complexity index is 569. The lowest BCUT2D eigenvalue weighted by Crippen LogP contribution is -2.18. The molecule has 0 aliphatic rings. The van der Waals surface area contributed by atoms with Crippen LogP contribution in [0.5, 0.6) is 11.5 Å². The van der Waals surface area contributed by atoms with Crippen molar-refractivity contribution in [2.45, 2.75) is 26.8 Å². The lowest BCUT2D eigenvalue weighted by molar-refractivity contribution is 0.477. The zero-order valence-corrected chi connectivity index (χ0v) is 13.6. The van der Waals surface area contributed by atoms with Gasteiger partial charge in [0, 0.05) is 10.5 Å². The summed E-state index contributed by atoms with van der Waals surface area (Å²) < 4.78 is 6.89. The standard InChI is InChI=1S/C16H19BrN2O/c1-4-18-12(3)16-8-6-14(10-19-16)20-13-5-7-15(17)11(2)9-13/h5-10,12,18H,4H2,1-3H3. The Kier molecular flexibility index (Phi) is 5.15. The highest BCUT2D eigenvalue weighted by Gasteiger charge is 2.06. The molecule has 0 bridgehead atoms. The highest BCUT2D eigenvalue weighted by atomic mass is 79.9. The minimum atomic E-state index is 0.254. The monoisotopic (exact) mass is 334 g/mol. The van der Waals surface area contributed by atoms with E-state index in [4.69, 9.17) is 4.74 Å². The van der Waals surface area contributed by atoms with Crippen LogP contribution in [-0.4, -0.2) is 11.5 Å². The number of nitrogens with zero attached hydrogens (tertiary/aromatic N) is 1. The van der Waals surface area contributed by atoms with Crippen molar-refractivity contribution < 1.29 is 4.74 Å². The molecule has 1 atom stereocenters. The Labute approximate surface area is 128 Å². The molecule has 1 heterocycles. The predicted octanol–water partition coefficient (Wildman–Crippen LogP) is 4.62. The van der Waals surface area contributed by atoms with Crippen LogP contribution in [0.15, 0.2) is 41.0 Å². The first kappa shape index (κ1) is 15.0. The third kappa shape index (κ3) is 3.81. The molecule has 1 aromatic carbocycles. The van der Waals surface area contributed by atoms with E-state index in [1.54, 1.807) is 6.20 Å². The van der Waals surface area contributed by atoms with Crippen molar-refractivity contribution in [2.75, 3.05) is 6.54 Å². The number of halogens is 1. The number of aromatic nitrogens is 1. The summed E-state index contributed by atoms with van der Waals surface area (Å²) >= 11 is 3.48. The summed E-state index contributed by atoms with van der Waals surface area (Å²) in [5.41, 5.74) is 2.17. The molecule has 3 nitrogen and oxygen atoms in total. The Balaban J connectivity index is 2.08. The molecule has 0 amide bonds. The van der Waals surface area contributed by atoms with Crippen molar-refractivity contribution in [1.82, 2.24) is 10.3 Å². The van der Waals surface area contributed by atoms with Crippen molar-refractivity contribution in [1.29, 1.82) is 0 Å². The summed E-state index contributed by atoms with van der Waals surface area (Å²) in [7, 11) is 0. The average Bonchev–Trinajstić information content (AvgIpc) is 2.44. The smallest absolute Gasteiger partial charge is 0.145 e. The summed E-state index contributed by atoms with van der Waals surface area (Å²) in [6.07, 6.45) is 1.76. The van der Waals surface area contributed by atoms with Crippen molar-refractivity contribution in [3.05, 3.63) is 52.3 Å². The molecule has 0 aliphatic carbocycles. The van der Waals surface area contributed by atoms with Crippen LogP contribution in [0.2, 0.25) is 0 Å². The lowest BCUT2D eigenvalue weighted by Gasteiger charge is -2.12. The zero-order chi connectivity index (χ0) is 14.5. The number of rotatable bonds is 5. The van der Waals surface area contributed by atoms with Crippen molar-refractivity contribution in [3.8, 4) is 11.5 Å². The van der Waals surface area contributed by atoms with Gasteiger partial charge in [-0.05, 0) is 56.3 Å². The minimum Gasteiger partial charge on any atom is -0.456 e. The fraction of sp³-hybridized carbons (Fsp3) is 0.312. The zero-order valence-electron chi connectivity index (χ0n) is 12.0. The van der Waals surface area contributed by atoms with Gasteiger partial charge in [0.1, 0.15) is 11.5 Å². The van der Waals surface area contributed by atoms with Gasteiger partial charge < -0.3 is 10.1 Å². The number of hydrogen-bond acceptors (Lipinski definition) is 3. The molecule has 0 aliphatic heterocycles. The van der Waals surface area contributed by atoms with E-state index >= 15 is 0 Å². The normalized spacial score (nSPS) is 12.2. The van der Waals surface area contributed by atoms with Crippen molar-refractivity contribution >= 4 is 15.9 Å². The molecule has 2 aromatic rings. The van der Waals surface area contributed by atoms with Gasteiger partial charge in [0.25, 0.3) is 0 Å². The van der Waals surface area contributed by atoms with E-state index in [0.29, 0.717) is 0 Å². The number of pyridine rings is 1. The predicted molar refractivity (Wildman–Crippen MR) is 85.3 cm³/mol. The molecule has 1 N–H and O–H groups in total. The maximum Gasteiger partial charge on any atom is 0.145 e. The number of ether oxygens (including phenoxy) is 1. The summed E-state index contributed by atoms with van der Waals surface area (Å²) in [4.78, 5) is 4.44. The highest BCUT2D eigenvalue weighted by Crippen LogP contribution is 2.26. The second-order valence-electron chi connectivity index (χ2n) is 4.71. The molecule has 0 radical (unpaired) electrons. The highest BCUT2D eigenvalue weighted by molar-refractivity contribution is 9.10. The lowest BCUT2D eigenvalue weighted by atomic mass is 10.2. The van der Waals surface area contributed by atoms with Crippen LogP contribution in [0.1, 0.15) is 31.1 Å². The largest absolute Gasteiger partial charge is 0.456 e. The van der Waals surface area contributed by atoms with Crippen LogP contribution in [0.3, 0.4) is 0 Å². The van der Waals surface area contributed by atoms with E-state index in [-0.39, 0.29) is 6.04 Å². The fourth-order valence-corrected chi connectivity index (χ4v) is 2.18. The molecular formula is C16H19BrN2O. The van der Waals surface area contributed by atoms with Gasteiger partial charge >= 0.3 is 0 Å². The maximum absolute atomic E-state index is 5.81. The molecule has 0 saturated carbocycles. The van der Waals surface area contributed by atoms with Gasteiger partial charge in [0.2, 0.25) is 0 Å². The van der Waals surface area contributed by atoms with Gasteiger partial charge in [-0.3, -0.25) is 4.98 Å². The third-order valence-electron chi connectivity index (χ3n) is 3.08. The van der Waals surface area contributed by atoms with Gasteiger partial charge in [0.15, 0.2) is 0 Å².